The van der Waals surface area contributed by atoms with Crippen LogP contribution in [0.4, 0.5) is 4.79 Å². The molecule has 0 saturated carbocycles. The Hall–Kier alpha value is -2.12. The van der Waals surface area contributed by atoms with Crippen molar-refractivity contribution in [3.8, 4) is 0 Å². The molecule has 1 aliphatic rings. The number of benzene rings is 1. The van der Waals surface area contributed by atoms with Crippen molar-refractivity contribution >= 4 is 12.1 Å². The molecule has 0 bridgehead atoms. The van der Waals surface area contributed by atoms with Gasteiger partial charge >= 0.3 is 12.1 Å². The molecule has 1 aromatic carbocycles. The molecule has 7 heteroatoms. The van der Waals surface area contributed by atoms with Gasteiger partial charge in [0.15, 0.2) is 0 Å². The number of nitrogens with one attached hydrogen (secondary N) is 2. The molecule has 0 spiro atoms. The minimum Gasteiger partial charge on any atom is -0.444 e. The van der Waals surface area contributed by atoms with E-state index in [9.17, 15) is 9.59 Å². The van der Waals surface area contributed by atoms with Crippen LogP contribution in [0.25, 0.3) is 0 Å². The van der Waals surface area contributed by atoms with E-state index >= 15 is 0 Å². The number of rotatable bonds is 7. The fraction of sp³-hybridized carbons (Fsp3) is 0.600. The largest absolute Gasteiger partial charge is 0.444 e. The van der Waals surface area contributed by atoms with Gasteiger partial charge in [-0.25, -0.2) is 9.59 Å². The van der Waals surface area contributed by atoms with E-state index in [2.05, 4.69) is 10.6 Å². The summed E-state index contributed by atoms with van der Waals surface area (Å²) in [5.74, 6) is -0.310. The zero-order valence-electron chi connectivity index (χ0n) is 16.5. The molecule has 1 aliphatic heterocycles. The predicted octanol–water partition coefficient (Wildman–Crippen LogP) is 2.73. The van der Waals surface area contributed by atoms with E-state index < -0.39 is 5.60 Å². The second-order valence-corrected chi connectivity index (χ2v) is 7.68. The van der Waals surface area contributed by atoms with Crippen molar-refractivity contribution in [2.45, 2.75) is 51.7 Å². The molecule has 1 amide bonds. The molecule has 0 atom stereocenters. The summed E-state index contributed by atoms with van der Waals surface area (Å²) < 4.78 is 5.19. The van der Waals surface area contributed by atoms with Crippen LogP contribution in [0.3, 0.4) is 0 Å². The van der Waals surface area contributed by atoms with Gasteiger partial charge in [-0.3, -0.25) is 0 Å². The zero-order chi connectivity index (χ0) is 19.7. The molecule has 2 rings (SSSR count). The number of piperidine rings is 1. The van der Waals surface area contributed by atoms with Gasteiger partial charge in [-0.2, -0.15) is 0 Å². The topological polar surface area (TPSA) is 79.9 Å². The van der Waals surface area contributed by atoms with Gasteiger partial charge in [0.05, 0.1) is 5.56 Å². The molecule has 1 aromatic rings. The van der Waals surface area contributed by atoms with Crippen LogP contribution in [0.2, 0.25) is 0 Å². The van der Waals surface area contributed by atoms with E-state index in [-0.39, 0.29) is 12.1 Å². The summed E-state index contributed by atoms with van der Waals surface area (Å²) in [5.41, 5.74) is 0.0931. The van der Waals surface area contributed by atoms with Crippen molar-refractivity contribution in [3.63, 3.8) is 0 Å². The number of hydrogen-bond donors (Lipinski definition) is 2. The summed E-state index contributed by atoms with van der Waals surface area (Å²) in [6.45, 7) is 8.37. The van der Waals surface area contributed by atoms with Crippen LogP contribution in [0.15, 0.2) is 30.3 Å². The van der Waals surface area contributed by atoms with Gasteiger partial charge in [-0.15, -0.1) is 5.06 Å². The number of nitrogens with zero attached hydrogens (tertiary/aromatic N) is 1. The van der Waals surface area contributed by atoms with Crippen molar-refractivity contribution in [3.05, 3.63) is 35.9 Å². The van der Waals surface area contributed by atoms with Gasteiger partial charge in [-0.05, 0) is 58.7 Å². The average molecular weight is 377 g/mol. The van der Waals surface area contributed by atoms with Crippen molar-refractivity contribution in [1.29, 1.82) is 0 Å². The summed E-state index contributed by atoms with van der Waals surface area (Å²) >= 11 is 0. The predicted molar refractivity (Wildman–Crippen MR) is 103 cm³/mol. The lowest BCUT2D eigenvalue weighted by Gasteiger charge is -2.31. The number of hydroxylamine groups is 2. The second-order valence-electron chi connectivity index (χ2n) is 7.68. The van der Waals surface area contributed by atoms with Crippen molar-refractivity contribution in [2.24, 2.45) is 0 Å². The molecule has 1 heterocycles. The standard InChI is InChI=1S/C20H31N3O4/c1-20(2,3)26-19(25)22-13-7-12-21-17-10-14-23(15-11-17)27-18(24)16-8-5-4-6-9-16/h4-6,8-9,17,21H,7,10-15H2,1-3H3,(H,22,25). The Balaban J connectivity index is 1.55. The van der Waals surface area contributed by atoms with Crippen LogP contribution in [0.1, 0.15) is 50.4 Å². The molecule has 27 heavy (non-hydrogen) atoms. The highest BCUT2D eigenvalue weighted by atomic mass is 16.7. The summed E-state index contributed by atoms with van der Waals surface area (Å²) in [6, 6.07) is 9.42. The molecule has 0 aromatic heterocycles. The quantitative estimate of drug-likeness (QED) is 0.711. The second kappa shape index (κ2) is 10.3. The Kier molecular flexibility index (Phi) is 8.06. The van der Waals surface area contributed by atoms with E-state index in [1.807, 2.05) is 39.0 Å². The summed E-state index contributed by atoms with van der Waals surface area (Å²) in [7, 11) is 0. The Morgan fingerprint density at radius 1 is 1.11 bits per heavy atom. The smallest absolute Gasteiger partial charge is 0.407 e. The zero-order valence-corrected chi connectivity index (χ0v) is 16.5. The van der Waals surface area contributed by atoms with Crippen LogP contribution < -0.4 is 10.6 Å². The molecule has 7 nitrogen and oxygen atoms in total. The Labute approximate surface area is 161 Å². The number of ether oxygens (including phenoxy) is 1. The fourth-order valence-corrected chi connectivity index (χ4v) is 2.79. The highest BCUT2D eigenvalue weighted by molar-refractivity contribution is 5.89. The minimum atomic E-state index is -0.472. The molecule has 1 saturated heterocycles. The molecule has 1 fully saturated rings. The lowest BCUT2D eigenvalue weighted by atomic mass is 10.1. The normalized spacial score (nSPS) is 16.0. The Bertz CT molecular complexity index is 593. The van der Waals surface area contributed by atoms with E-state index in [0.29, 0.717) is 31.2 Å². The van der Waals surface area contributed by atoms with Crippen LogP contribution in [0, 0.1) is 0 Å². The third-order valence-electron chi connectivity index (χ3n) is 4.13. The first-order valence-corrected chi connectivity index (χ1v) is 9.56. The number of carbonyl (C=O) groups is 2. The molecule has 150 valence electrons. The molecular formula is C20H31N3O4. The maximum absolute atomic E-state index is 12.1. The molecule has 2 N–H and O–H groups in total. The van der Waals surface area contributed by atoms with E-state index in [1.165, 1.54) is 0 Å². The van der Waals surface area contributed by atoms with Gasteiger partial charge in [0, 0.05) is 25.7 Å². The molecule has 0 radical (unpaired) electrons. The summed E-state index contributed by atoms with van der Waals surface area (Å²) in [5, 5.41) is 7.98. The summed E-state index contributed by atoms with van der Waals surface area (Å²) in [6.07, 6.45) is 2.29. The first kappa shape index (κ1) is 21.2. The molecular weight excluding hydrogens is 346 g/mol. The molecule has 0 unspecified atom stereocenters. The van der Waals surface area contributed by atoms with Crippen LogP contribution in [-0.4, -0.2) is 54.9 Å². The van der Waals surface area contributed by atoms with Crippen LogP contribution >= 0.6 is 0 Å². The van der Waals surface area contributed by atoms with Gasteiger partial charge < -0.3 is 20.2 Å². The number of alkyl carbamates (subject to hydrolysis) is 1. The first-order valence-electron chi connectivity index (χ1n) is 9.56. The third kappa shape index (κ3) is 8.41. The highest BCUT2D eigenvalue weighted by Gasteiger charge is 2.22. The minimum absolute atomic E-state index is 0.310. The van der Waals surface area contributed by atoms with Crippen LogP contribution in [0.5, 0.6) is 0 Å². The maximum atomic E-state index is 12.1. The molecule has 0 aliphatic carbocycles. The van der Waals surface area contributed by atoms with Crippen molar-refractivity contribution < 1.29 is 19.2 Å². The number of amides is 1. The number of hydrogen-bond acceptors (Lipinski definition) is 6. The third-order valence-corrected chi connectivity index (χ3v) is 4.13. The summed E-state index contributed by atoms with van der Waals surface area (Å²) in [4.78, 5) is 29.0. The SMILES string of the molecule is CC(C)(C)OC(=O)NCCCNC1CCN(OC(=O)c2ccccc2)CC1. The Morgan fingerprint density at radius 2 is 1.78 bits per heavy atom. The van der Waals surface area contributed by atoms with Gasteiger partial charge in [0.2, 0.25) is 0 Å². The van der Waals surface area contributed by atoms with E-state index in [0.717, 1.165) is 25.8 Å². The van der Waals surface area contributed by atoms with Crippen LogP contribution in [-0.2, 0) is 9.57 Å². The first-order chi connectivity index (χ1) is 12.8. The Morgan fingerprint density at radius 3 is 2.41 bits per heavy atom. The fourth-order valence-electron chi connectivity index (χ4n) is 2.79. The van der Waals surface area contributed by atoms with E-state index in [4.69, 9.17) is 9.57 Å². The monoisotopic (exact) mass is 377 g/mol. The lowest BCUT2D eigenvalue weighted by molar-refractivity contribution is -0.122. The van der Waals surface area contributed by atoms with Gasteiger partial charge in [0.25, 0.3) is 0 Å². The number of carbonyl (C=O) groups excluding carboxylic acids is 2. The van der Waals surface area contributed by atoms with E-state index in [1.54, 1.807) is 17.2 Å². The van der Waals surface area contributed by atoms with Gasteiger partial charge in [0.1, 0.15) is 5.60 Å². The van der Waals surface area contributed by atoms with Gasteiger partial charge in [-0.1, -0.05) is 18.2 Å². The maximum Gasteiger partial charge on any atom is 0.407 e. The van der Waals surface area contributed by atoms with Crippen molar-refractivity contribution in [2.75, 3.05) is 26.2 Å². The average Bonchev–Trinajstić information content (AvgIpc) is 2.62. The highest BCUT2D eigenvalue weighted by Crippen LogP contribution is 2.12. The van der Waals surface area contributed by atoms with Crippen molar-refractivity contribution in [1.82, 2.24) is 15.7 Å². The lowest BCUT2D eigenvalue weighted by Crippen LogP contribution is -2.43.